The molecule has 0 aliphatic carbocycles. The van der Waals surface area contributed by atoms with Gasteiger partial charge in [0.25, 0.3) is 5.56 Å². The predicted molar refractivity (Wildman–Crippen MR) is 112 cm³/mol. The summed E-state index contributed by atoms with van der Waals surface area (Å²) >= 11 is 9.57. The summed E-state index contributed by atoms with van der Waals surface area (Å²) in [6, 6.07) is 10.6. The van der Waals surface area contributed by atoms with Gasteiger partial charge >= 0.3 is 0 Å². The second-order valence-corrected chi connectivity index (χ2v) is 6.91. The van der Waals surface area contributed by atoms with E-state index in [2.05, 4.69) is 31.9 Å². The van der Waals surface area contributed by atoms with Crippen LogP contribution in [0.5, 0.6) is 5.75 Å². The lowest BCUT2D eigenvalue weighted by atomic mass is 10.2. The lowest BCUT2D eigenvalue weighted by molar-refractivity contribution is 0.370. The number of hydrogen-bond acceptors (Lipinski definition) is 4. The minimum absolute atomic E-state index is 0.140. The number of nitrogens with zero attached hydrogens (tertiary/aromatic N) is 3. The Morgan fingerprint density at radius 2 is 2.19 bits per heavy atom. The van der Waals surface area contributed by atoms with Crippen molar-refractivity contribution in [3.63, 3.8) is 0 Å². The van der Waals surface area contributed by atoms with Crippen molar-refractivity contribution >= 4 is 44.6 Å². The highest BCUT2D eigenvalue weighted by Gasteiger charge is 2.10. The van der Waals surface area contributed by atoms with Gasteiger partial charge < -0.3 is 4.74 Å². The molecule has 0 spiro atoms. The molecule has 0 saturated heterocycles. The fourth-order valence-corrected chi connectivity index (χ4v) is 3.11. The summed E-state index contributed by atoms with van der Waals surface area (Å²) in [5.41, 5.74) is 1.13. The molecule has 0 N–H and O–H groups in total. The maximum atomic E-state index is 12.8. The van der Waals surface area contributed by atoms with Crippen LogP contribution in [0.4, 0.5) is 0 Å². The molecule has 5 nitrogen and oxygen atoms in total. The Bertz CT molecular complexity index is 1130. The number of rotatable bonds is 5. The van der Waals surface area contributed by atoms with E-state index in [-0.39, 0.29) is 12.2 Å². The standard InChI is InChI=1S/C20H15BrClN3O2/c1-3-9-27-18-8-5-13(10-16(18)22)12-23-25-19(4-2)24-17-7-6-14(21)11-15(17)20(25)26/h1,5-8,10-12H,4,9H2,2H3. The highest BCUT2D eigenvalue weighted by atomic mass is 79.9. The third-order valence-electron chi connectivity index (χ3n) is 3.78. The van der Waals surface area contributed by atoms with Crippen LogP contribution in [0.2, 0.25) is 5.02 Å². The molecule has 3 aromatic rings. The second-order valence-electron chi connectivity index (χ2n) is 5.59. The van der Waals surface area contributed by atoms with Crippen LogP contribution < -0.4 is 10.3 Å². The van der Waals surface area contributed by atoms with Gasteiger partial charge in [-0.1, -0.05) is 40.4 Å². The van der Waals surface area contributed by atoms with Crippen molar-refractivity contribution in [2.75, 3.05) is 6.61 Å². The first-order chi connectivity index (χ1) is 13.0. The third kappa shape index (κ3) is 4.21. The molecule has 7 heteroatoms. The average molecular weight is 445 g/mol. The van der Waals surface area contributed by atoms with Crippen LogP contribution in [-0.4, -0.2) is 22.5 Å². The SMILES string of the molecule is C#CCOc1ccc(C=Nn2c(CC)nc3ccc(Br)cc3c2=O)cc1Cl. The molecule has 0 fully saturated rings. The van der Waals surface area contributed by atoms with Crippen molar-refractivity contribution in [2.45, 2.75) is 13.3 Å². The monoisotopic (exact) mass is 443 g/mol. The quantitative estimate of drug-likeness (QED) is 0.436. The number of aryl methyl sites for hydroxylation is 1. The summed E-state index contributed by atoms with van der Waals surface area (Å²) in [5, 5.41) is 5.24. The van der Waals surface area contributed by atoms with Crippen LogP contribution in [0, 0.1) is 12.3 Å². The molecule has 0 bridgehead atoms. The maximum absolute atomic E-state index is 12.8. The first kappa shape index (κ1) is 19.2. The molecule has 3 rings (SSSR count). The van der Waals surface area contributed by atoms with Crippen LogP contribution in [0.3, 0.4) is 0 Å². The molecular weight excluding hydrogens is 430 g/mol. The lowest BCUT2D eigenvalue weighted by Crippen LogP contribution is -2.22. The first-order valence-electron chi connectivity index (χ1n) is 8.15. The van der Waals surface area contributed by atoms with Crippen molar-refractivity contribution in [3.8, 4) is 18.1 Å². The van der Waals surface area contributed by atoms with E-state index in [4.69, 9.17) is 22.8 Å². The number of aromatic nitrogens is 2. The number of benzene rings is 2. The third-order valence-corrected chi connectivity index (χ3v) is 4.57. The normalized spacial score (nSPS) is 11.0. The van der Waals surface area contributed by atoms with Gasteiger partial charge in [0.05, 0.1) is 22.1 Å². The van der Waals surface area contributed by atoms with Crippen LogP contribution in [0.1, 0.15) is 18.3 Å². The Morgan fingerprint density at radius 3 is 2.89 bits per heavy atom. The molecule has 0 atom stereocenters. The number of terminal acetylenes is 1. The number of fused-ring (bicyclic) bond motifs is 1. The van der Waals surface area contributed by atoms with E-state index in [0.717, 1.165) is 10.0 Å². The Hall–Kier alpha value is -2.62. The van der Waals surface area contributed by atoms with Crippen molar-refractivity contribution in [2.24, 2.45) is 5.10 Å². The fraction of sp³-hybridized carbons (Fsp3) is 0.150. The minimum Gasteiger partial charge on any atom is -0.479 e. The van der Waals surface area contributed by atoms with E-state index < -0.39 is 0 Å². The number of hydrogen-bond donors (Lipinski definition) is 0. The van der Waals surface area contributed by atoms with Gasteiger partial charge in [0.1, 0.15) is 18.2 Å². The molecule has 0 saturated carbocycles. The average Bonchev–Trinajstić information content (AvgIpc) is 2.66. The van der Waals surface area contributed by atoms with Crippen molar-refractivity contribution in [1.29, 1.82) is 0 Å². The summed E-state index contributed by atoms with van der Waals surface area (Å²) in [5.74, 6) is 3.46. The summed E-state index contributed by atoms with van der Waals surface area (Å²) < 4.78 is 7.46. The zero-order valence-corrected chi connectivity index (χ0v) is 16.8. The Balaban J connectivity index is 2.01. The number of ether oxygens (including phenoxy) is 1. The van der Waals surface area contributed by atoms with Gasteiger partial charge in [0, 0.05) is 10.9 Å². The zero-order valence-electron chi connectivity index (χ0n) is 14.4. The van der Waals surface area contributed by atoms with Gasteiger partial charge in [-0.3, -0.25) is 4.79 Å². The Labute approximate surface area is 169 Å². The molecule has 0 aliphatic rings. The first-order valence-corrected chi connectivity index (χ1v) is 9.32. The molecule has 2 aromatic carbocycles. The summed E-state index contributed by atoms with van der Waals surface area (Å²) in [7, 11) is 0. The van der Waals surface area contributed by atoms with Crippen molar-refractivity contribution < 1.29 is 4.74 Å². The number of halogens is 2. The lowest BCUT2D eigenvalue weighted by Gasteiger charge is -2.08. The largest absolute Gasteiger partial charge is 0.479 e. The molecular formula is C20H15BrClN3O2. The van der Waals surface area contributed by atoms with Gasteiger partial charge in [0.2, 0.25) is 0 Å². The van der Waals surface area contributed by atoms with E-state index in [1.165, 1.54) is 4.68 Å². The molecule has 27 heavy (non-hydrogen) atoms. The van der Waals surface area contributed by atoms with E-state index in [9.17, 15) is 4.79 Å². The molecule has 136 valence electrons. The highest BCUT2D eigenvalue weighted by molar-refractivity contribution is 9.10. The van der Waals surface area contributed by atoms with Gasteiger partial charge in [-0.05, 0) is 42.0 Å². The Kier molecular flexibility index (Phi) is 5.94. The molecule has 0 radical (unpaired) electrons. The second kappa shape index (κ2) is 8.38. The van der Waals surface area contributed by atoms with Gasteiger partial charge in [-0.25, -0.2) is 4.98 Å². The van der Waals surface area contributed by atoms with Crippen molar-refractivity contribution in [1.82, 2.24) is 9.66 Å². The van der Waals surface area contributed by atoms with Crippen LogP contribution in [0.15, 0.2) is 50.8 Å². The van der Waals surface area contributed by atoms with E-state index >= 15 is 0 Å². The molecule has 0 unspecified atom stereocenters. The maximum Gasteiger partial charge on any atom is 0.282 e. The van der Waals surface area contributed by atoms with Crippen LogP contribution in [-0.2, 0) is 6.42 Å². The summed E-state index contributed by atoms with van der Waals surface area (Å²) in [6.07, 6.45) is 7.30. The smallest absolute Gasteiger partial charge is 0.282 e. The van der Waals surface area contributed by atoms with Gasteiger partial charge in [0.15, 0.2) is 0 Å². The molecule has 1 heterocycles. The minimum atomic E-state index is -0.227. The molecule has 0 aliphatic heterocycles. The zero-order chi connectivity index (χ0) is 19.4. The van der Waals surface area contributed by atoms with Gasteiger partial charge in [-0.15, -0.1) is 6.42 Å². The predicted octanol–water partition coefficient (Wildman–Crippen LogP) is 4.27. The van der Waals surface area contributed by atoms with Crippen LogP contribution >= 0.6 is 27.5 Å². The summed E-state index contributed by atoms with van der Waals surface area (Å²) in [4.78, 5) is 17.4. The van der Waals surface area contributed by atoms with Crippen molar-refractivity contribution in [3.05, 3.63) is 67.6 Å². The molecule has 0 amide bonds. The highest BCUT2D eigenvalue weighted by Crippen LogP contribution is 2.24. The van der Waals surface area contributed by atoms with E-state index in [1.807, 2.05) is 19.1 Å². The Morgan fingerprint density at radius 1 is 1.37 bits per heavy atom. The topological polar surface area (TPSA) is 56.5 Å². The fourth-order valence-electron chi connectivity index (χ4n) is 2.50. The van der Waals surface area contributed by atoms with E-state index in [0.29, 0.717) is 33.9 Å². The van der Waals surface area contributed by atoms with Gasteiger partial charge in [-0.2, -0.15) is 9.78 Å². The summed E-state index contributed by atoms with van der Waals surface area (Å²) in [6.45, 7) is 2.06. The van der Waals surface area contributed by atoms with E-state index in [1.54, 1.807) is 30.5 Å². The van der Waals surface area contributed by atoms with Crippen LogP contribution in [0.25, 0.3) is 10.9 Å². The molecule has 1 aromatic heterocycles.